The van der Waals surface area contributed by atoms with Gasteiger partial charge < -0.3 is 9.88 Å². The Kier molecular flexibility index (Phi) is 4.37. The number of hydrogen-bond donors (Lipinski definition) is 1. The number of aromatic nitrogens is 1. The molecule has 0 radical (unpaired) electrons. The fourth-order valence-corrected chi connectivity index (χ4v) is 1.37. The van der Waals surface area contributed by atoms with Crippen molar-refractivity contribution in [3.05, 3.63) is 18.3 Å². The summed E-state index contributed by atoms with van der Waals surface area (Å²) in [5, 5.41) is 0. The van der Waals surface area contributed by atoms with Gasteiger partial charge >= 0.3 is 0 Å². The molecular weight excluding hydrogens is 230 g/mol. The highest BCUT2D eigenvalue weighted by Gasteiger charge is 2.16. The number of carbonyl (C=O) groups is 2. The Balaban J connectivity index is 2.56. The Morgan fingerprint density at radius 3 is 2.56 bits per heavy atom. The summed E-state index contributed by atoms with van der Waals surface area (Å²) in [6.45, 7) is 0.0150. The lowest BCUT2D eigenvalue weighted by Crippen LogP contribution is -2.40. The van der Waals surface area contributed by atoms with E-state index in [4.69, 9.17) is 11.6 Å². The van der Waals surface area contributed by atoms with Crippen LogP contribution in [0.5, 0.6) is 0 Å². The smallest absolute Gasteiger partial charge is 0.247 e. The van der Waals surface area contributed by atoms with Crippen LogP contribution in [0.3, 0.4) is 0 Å². The van der Waals surface area contributed by atoms with Gasteiger partial charge in [0.2, 0.25) is 11.8 Å². The average Bonchev–Trinajstić information content (AvgIpc) is 2.79. The van der Waals surface area contributed by atoms with Gasteiger partial charge in [-0.15, -0.1) is 11.6 Å². The van der Waals surface area contributed by atoms with Crippen LogP contribution in [0, 0.1) is 0 Å². The third kappa shape index (κ3) is 3.00. The van der Waals surface area contributed by atoms with Crippen molar-refractivity contribution in [1.82, 2.24) is 9.88 Å². The number of nitrogens with zero attached hydrogens (tertiary/aromatic N) is 2. The van der Waals surface area contributed by atoms with Gasteiger partial charge in [-0.25, -0.2) is 0 Å². The number of anilines is 1. The maximum atomic E-state index is 11.7. The van der Waals surface area contributed by atoms with Crippen molar-refractivity contribution >= 4 is 29.2 Å². The van der Waals surface area contributed by atoms with E-state index in [1.165, 1.54) is 9.80 Å². The van der Waals surface area contributed by atoms with Crippen molar-refractivity contribution in [2.24, 2.45) is 0 Å². The summed E-state index contributed by atoms with van der Waals surface area (Å²) >= 11 is 5.39. The van der Waals surface area contributed by atoms with Crippen molar-refractivity contribution in [3.8, 4) is 0 Å². The van der Waals surface area contributed by atoms with E-state index in [1.54, 1.807) is 32.4 Å². The first-order valence-electron chi connectivity index (χ1n) is 4.76. The van der Waals surface area contributed by atoms with Crippen LogP contribution in [-0.2, 0) is 9.59 Å². The van der Waals surface area contributed by atoms with Gasteiger partial charge in [-0.2, -0.15) is 0 Å². The van der Waals surface area contributed by atoms with Crippen LogP contribution < -0.4 is 4.90 Å². The van der Waals surface area contributed by atoms with E-state index in [-0.39, 0.29) is 24.2 Å². The molecule has 0 fully saturated rings. The Morgan fingerprint density at radius 1 is 1.38 bits per heavy atom. The molecule has 1 heterocycles. The topological polar surface area (TPSA) is 56.4 Å². The van der Waals surface area contributed by atoms with Crippen LogP contribution in [0.25, 0.3) is 0 Å². The summed E-state index contributed by atoms with van der Waals surface area (Å²) in [6.07, 6.45) is 1.73. The van der Waals surface area contributed by atoms with E-state index in [2.05, 4.69) is 4.98 Å². The van der Waals surface area contributed by atoms with Crippen molar-refractivity contribution in [3.63, 3.8) is 0 Å². The summed E-state index contributed by atoms with van der Waals surface area (Å²) in [5.74, 6) is 0.130. The first-order chi connectivity index (χ1) is 7.56. The van der Waals surface area contributed by atoms with Crippen LogP contribution in [-0.4, -0.2) is 48.2 Å². The fourth-order valence-electron chi connectivity index (χ4n) is 1.16. The maximum absolute atomic E-state index is 11.7. The quantitative estimate of drug-likeness (QED) is 0.791. The van der Waals surface area contributed by atoms with E-state index in [0.717, 1.165) is 0 Å². The number of carbonyl (C=O) groups excluding carboxylic acids is 2. The molecule has 0 saturated carbocycles. The third-order valence-corrected chi connectivity index (χ3v) is 2.46. The Hall–Kier alpha value is -1.49. The molecule has 0 unspecified atom stereocenters. The molecule has 1 aromatic rings. The molecule has 0 atom stereocenters. The molecule has 0 aliphatic carbocycles. The van der Waals surface area contributed by atoms with E-state index in [9.17, 15) is 9.59 Å². The van der Waals surface area contributed by atoms with Crippen LogP contribution in [0.2, 0.25) is 0 Å². The molecule has 1 rings (SSSR count). The Morgan fingerprint density at radius 2 is 2.06 bits per heavy atom. The minimum Gasteiger partial charge on any atom is -0.348 e. The molecule has 0 aliphatic rings. The maximum Gasteiger partial charge on any atom is 0.247 e. The zero-order valence-corrected chi connectivity index (χ0v) is 9.99. The van der Waals surface area contributed by atoms with Crippen molar-refractivity contribution in [1.29, 1.82) is 0 Å². The number of rotatable bonds is 4. The second-order valence-electron chi connectivity index (χ2n) is 3.39. The Bertz CT molecular complexity index is 364. The highest BCUT2D eigenvalue weighted by atomic mass is 35.5. The van der Waals surface area contributed by atoms with Gasteiger partial charge in [-0.3, -0.25) is 14.5 Å². The number of halogens is 1. The van der Waals surface area contributed by atoms with Crippen molar-refractivity contribution < 1.29 is 9.59 Å². The first-order valence-corrected chi connectivity index (χ1v) is 5.29. The summed E-state index contributed by atoms with van der Waals surface area (Å²) in [6, 6.07) is 3.58. The number of alkyl halides is 1. The van der Waals surface area contributed by atoms with E-state index in [0.29, 0.717) is 5.82 Å². The first kappa shape index (κ1) is 12.6. The number of hydrogen-bond acceptors (Lipinski definition) is 2. The fraction of sp³-hybridized carbons (Fsp3) is 0.400. The molecule has 16 heavy (non-hydrogen) atoms. The van der Waals surface area contributed by atoms with Crippen LogP contribution in [0.15, 0.2) is 18.3 Å². The lowest BCUT2D eigenvalue weighted by Gasteiger charge is -2.20. The van der Waals surface area contributed by atoms with Gasteiger partial charge in [0.25, 0.3) is 0 Å². The van der Waals surface area contributed by atoms with E-state index >= 15 is 0 Å². The molecule has 6 heteroatoms. The monoisotopic (exact) mass is 243 g/mol. The molecule has 88 valence electrons. The van der Waals surface area contributed by atoms with Crippen LogP contribution >= 0.6 is 11.6 Å². The SMILES string of the molecule is CN(CC(=O)N(C)c1ccc[nH]1)C(=O)CCl. The number of likely N-dealkylation sites (N-methyl/N-ethyl adjacent to an activating group) is 2. The normalized spacial score (nSPS) is 9.94. The van der Waals surface area contributed by atoms with Crippen molar-refractivity contribution in [2.45, 2.75) is 0 Å². The van der Waals surface area contributed by atoms with Crippen molar-refractivity contribution in [2.75, 3.05) is 31.4 Å². The molecule has 0 spiro atoms. The van der Waals surface area contributed by atoms with Gasteiger partial charge in [-0.1, -0.05) is 0 Å². The predicted octanol–water partition coefficient (Wildman–Crippen LogP) is 0.675. The molecule has 1 N–H and O–H groups in total. The van der Waals surface area contributed by atoms with Gasteiger partial charge in [0.15, 0.2) is 0 Å². The van der Waals surface area contributed by atoms with E-state index < -0.39 is 0 Å². The second-order valence-corrected chi connectivity index (χ2v) is 3.66. The van der Waals surface area contributed by atoms with Crippen LogP contribution in [0.4, 0.5) is 5.82 Å². The minimum atomic E-state index is -0.269. The lowest BCUT2D eigenvalue weighted by molar-refractivity contribution is -0.131. The summed E-state index contributed by atoms with van der Waals surface area (Å²) in [5.41, 5.74) is 0. The van der Waals surface area contributed by atoms with Gasteiger partial charge in [0, 0.05) is 20.3 Å². The zero-order chi connectivity index (χ0) is 12.1. The highest BCUT2D eigenvalue weighted by Crippen LogP contribution is 2.08. The van der Waals surface area contributed by atoms with Gasteiger partial charge in [-0.05, 0) is 12.1 Å². The number of aromatic amines is 1. The largest absolute Gasteiger partial charge is 0.348 e. The highest BCUT2D eigenvalue weighted by molar-refractivity contribution is 6.27. The van der Waals surface area contributed by atoms with E-state index in [1.807, 2.05) is 0 Å². The molecule has 5 nitrogen and oxygen atoms in total. The minimum absolute atomic E-state index is 0.0150. The molecule has 1 aromatic heterocycles. The zero-order valence-electron chi connectivity index (χ0n) is 9.24. The molecule has 0 bridgehead atoms. The number of amides is 2. The molecule has 0 saturated heterocycles. The lowest BCUT2D eigenvalue weighted by atomic mass is 10.4. The molecule has 0 aromatic carbocycles. The molecular formula is C10H14ClN3O2. The standard InChI is InChI=1S/C10H14ClN3O2/c1-13(9(15)6-11)7-10(16)14(2)8-4-3-5-12-8/h3-5,12H,6-7H2,1-2H3. The Labute approximate surface area is 99.0 Å². The average molecular weight is 244 g/mol. The summed E-state index contributed by atoms with van der Waals surface area (Å²) in [4.78, 5) is 28.6. The van der Waals surface area contributed by atoms with Crippen LogP contribution in [0.1, 0.15) is 0 Å². The number of nitrogens with one attached hydrogen (secondary N) is 1. The third-order valence-electron chi connectivity index (χ3n) is 2.23. The summed E-state index contributed by atoms with van der Waals surface area (Å²) in [7, 11) is 3.19. The molecule has 0 aliphatic heterocycles. The van der Waals surface area contributed by atoms with Gasteiger partial charge in [0.05, 0.1) is 6.54 Å². The summed E-state index contributed by atoms with van der Waals surface area (Å²) < 4.78 is 0. The molecule has 2 amide bonds. The number of H-pyrrole nitrogens is 1. The second kappa shape index (κ2) is 5.55. The van der Waals surface area contributed by atoms with Gasteiger partial charge in [0.1, 0.15) is 11.7 Å². The predicted molar refractivity (Wildman–Crippen MR) is 62.6 cm³/mol.